The Bertz CT molecular complexity index is 622. The number of hydrogen-bond acceptors (Lipinski definition) is 3. The maximum absolute atomic E-state index is 12.7. The molecule has 1 aliphatic heterocycles. The number of methoxy groups -OCH3 is 1. The lowest BCUT2D eigenvalue weighted by molar-refractivity contribution is 0.00304. The summed E-state index contributed by atoms with van der Waals surface area (Å²) in [5, 5.41) is 3.06. The van der Waals surface area contributed by atoms with Crippen molar-refractivity contribution < 1.29 is 9.53 Å². The van der Waals surface area contributed by atoms with E-state index in [-0.39, 0.29) is 12.0 Å². The Kier molecular flexibility index (Phi) is 3.76. The number of hydrogen-bond donors (Lipinski definition) is 0. The largest absolute Gasteiger partial charge is 0.381 e. The summed E-state index contributed by atoms with van der Waals surface area (Å²) in [7, 11) is 1.75. The summed E-state index contributed by atoms with van der Waals surface area (Å²) in [4.78, 5) is 14.7. The average Bonchev–Trinajstić information content (AvgIpc) is 2.90. The highest BCUT2D eigenvalue weighted by Gasteiger charge is 2.29. The van der Waals surface area contributed by atoms with Gasteiger partial charge in [0.2, 0.25) is 0 Å². The third kappa shape index (κ3) is 2.34. The van der Waals surface area contributed by atoms with Gasteiger partial charge in [-0.1, -0.05) is 25.1 Å². The van der Waals surface area contributed by atoms with Crippen LogP contribution in [-0.4, -0.2) is 37.1 Å². The van der Waals surface area contributed by atoms with Gasteiger partial charge in [-0.25, -0.2) is 0 Å². The first-order chi connectivity index (χ1) is 9.70. The molecule has 0 aliphatic carbocycles. The van der Waals surface area contributed by atoms with Crippen LogP contribution in [0.5, 0.6) is 0 Å². The first-order valence-corrected chi connectivity index (χ1v) is 7.87. The highest BCUT2D eigenvalue weighted by Crippen LogP contribution is 2.28. The molecular formula is C16H19NO2S. The molecule has 1 aromatic heterocycles. The Morgan fingerprint density at radius 3 is 2.95 bits per heavy atom. The van der Waals surface area contributed by atoms with Crippen LogP contribution in [-0.2, 0) is 4.74 Å². The maximum Gasteiger partial charge on any atom is 0.255 e. The number of thiophene rings is 1. The Hall–Kier alpha value is -1.39. The molecule has 106 valence electrons. The normalized spacial score (nSPS) is 23.2. The van der Waals surface area contributed by atoms with Gasteiger partial charge >= 0.3 is 0 Å². The van der Waals surface area contributed by atoms with Crippen molar-refractivity contribution in [2.24, 2.45) is 5.92 Å². The van der Waals surface area contributed by atoms with Crippen LogP contribution in [0, 0.1) is 5.92 Å². The Morgan fingerprint density at radius 2 is 2.20 bits per heavy atom. The molecule has 0 bridgehead atoms. The topological polar surface area (TPSA) is 29.5 Å². The molecule has 2 atom stereocenters. The van der Waals surface area contributed by atoms with E-state index in [1.165, 1.54) is 4.70 Å². The second-order valence-electron chi connectivity index (χ2n) is 5.44. The molecule has 1 amide bonds. The molecule has 0 saturated carbocycles. The molecular weight excluding hydrogens is 270 g/mol. The van der Waals surface area contributed by atoms with E-state index in [0.29, 0.717) is 5.92 Å². The number of amides is 1. The quantitative estimate of drug-likeness (QED) is 0.848. The molecule has 0 spiro atoms. The van der Waals surface area contributed by atoms with Crippen LogP contribution in [0.2, 0.25) is 0 Å². The van der Waals surface area contributed by atoms with E-state index in [9.17, 15) is 4.79 Å². The molecule has 0 radical (unpaired) electrons. The van der Waals surface area contributed by atoms with Crippen molar-refractivity contribution in [3.63, 3.8) is 0 Å². The molecule has 3 nitrogen and oxygen atoms in total. The van der Waals surface area contributed by atoms with E-state index in [1.54, 1.807) is 18.4 Å². The molecule has 4 heteroatoms. The van der Waals surface area contributed by atoms with Gasteiger partial charge in [-0.05, 0) is 18.4 Å². The predicted octanol–water partition coefficient (Wildman–Crippen LogP) is 3.40. The minimum Gasteiger partial charge on any atom is -0.381 e. The second-order valence-corrected chi connectivity index (χ2v) is 6.35. The lowest BCUT2D eigenvalue weighted by Crippen LogP contribution is -2.45. The Labute approximate surface area is 123 Å². The Balaban J connectivity index is 1.83. The average molecular weight is 289 g/mol. The molecule has 1 aromatic carbocycles. The summed E-state index contributed by atoms with van der Waals surface area (Å²) in [6.45, 7) is 3.71. The molecule has 1 aliphatic rings. The van der Waals surface area contributed by atoms with Crippen molar-refractivity contribution >= 4 is 27.3 Å². The number of carbonyl (C=O) groups excluding carboxylic acids is 1. The second kappa shape index (κ2) is 5.54. The summed E-state index contributed by atoms with van der Waals surface area (Å²) in [6.07, 6.45) is 1.20. The number of benzene rings is 1. The highest BCUT2D eigenvalue weighted by atomic mass is 32.1. The summed E-state index contributed by atoms with van der Waals surface area (Å²) in [5.74, 6) is 0.548. The number of ether oxygens (including phenoxy) is 1. The maximum atomic E-state index is 12.7. The third-order valence-electron chi connectivity index (χ3n) is 4.13. The molecule has 1 fully saturated rings. The molecule has 2 unspecified atom stereocenters. The molecule has 3 rings (SSSR count). The number of rotatable bonds is 2. The van der Waals surface area contributed by atoms with Crippen molar-refractivity contribution in [1.29, 1.82) is 0 Å². The van der Waals surface area contributed by atoms with Crippen molar-refractivity contribution in [1.82, 2.24) is 4.90 Å². The standard InChI is InChI=1S/C16H19NO2S/c1-11-9-17(8-7-14(11)19-2)16(18)13-10-20-15-6-4-3-5-12(13)15/h3-6,10-11,14H,7-9H2,1-2H3. The van der Waals surface area contributed by atoms with Crippen molar-refractivity contribution in [3.8, 4) is 0 Å². The minimum atomic E-state index is 0.156. The van der Waals surface area contributed by atoms with Crippen LogP contribution >= 0.6 is 11.3 Å². The number of likely N-dealkylation sites (tertiary alicyclic amines) is 1. The minimum absolute atomic E-state index is 0.156. The Morgan fingerprint density at radius 1 is 1.40 bits per heavy atom. The van der Waals surface area contributed by atoms with Crippen LogP contribution < -0.4 is 0 Å². The van der Waals surface area contributed by atoms with Crippen LogP contribution in [0.4, 0.5) is 0 Å². The smallest absolute Gasteiger partial charge is 0.255 e. The van der Waals surface area contributed by atoms with Gasteiger partial charge in [0.15, 0.2) is 0 Å². The van der Waals surface area contributed by atoms with Gasteiger partial charge in [0.25, 0.3) is 5.91 Å². The summed E-state index contributed by atoms with van der Waals surface area (Å²) in [6, 6.07) is 8.10. The van der Waals surface area contributed by atoms with Crippen LogP contribution in [0.1, 0.15) is 23.7 Å². The van der Waals surface area contributed by atoms with E-state index in [2.05, 4.69) is 13.0 Å². The van der Waals surface area contributed by atoms with Gasteiger partial charge in [-0.3, -0.25) is 4.79 Å². The zero-order chi connectivity index (χ0) is 14.1. The fraction of sp³-hybridized carbons (Fsp3) is 0.438. The first-order valence-electron chi connectivity index (χ1n) is 6.99. The van der Waals surface area contributed by atoms with Crippen LogP contribution in [0.15, 0.2) is 29.6 Å². The van der Waals surface area contributed by atoms with E-state index >= 15 is 0 Å². The number of carbonyl (C=O) groups is 1. The summed E-state index contributed by atoms with van der Waals surface area (Å²) < 4.78 is 6.63. The van der Waals surface area contributed by atoms with Gasteiger partial charge < -0.3 is 9.64 Å². The van der Waals surface area contributed by atoms with Crippen LogP contribution in [0.3, 0.4) is 0 Å². The molecule has 2 heterocycles. The summed E-state index contributed by atoms with van der Waals surface area (Å²) in [5.41, 5.74) is 0.841. The predicted molar refractivity (Wildman–Crippen MR) is 82.3 cm³/mol. The van der Waals surface area contributed by atoms with Crippen molar-refractivity contribution in [2.75, 3.05) is 20.2 Å². The van der Waals surface area contributed by atoms with Gasteiger partial charge in [0, 0.05) is 35.7 Å². The molecule has 1 saturated heterocycles. The van der Waals surface area contributed by atoms with Crippen molar-refractivity contribution in [3.05, 3.63) is 35.2 Å². The monoisotopic (exact) mass is 289 g/mol. The van der Waals surface area contributed by atoms with E-state index in [1.807, 2.05) is 28.5 Å². The fourth-order valence-electron chi connectivity index (χ4n) is 2.97. The zero-order valence-electron chi connectivity index (χ0n) is 11.8. The highest BCUT2D eigenvalue weighted by molar-refractivity contribution is 7.17. The van der Waals surface area contributed by atoms with Gasteiger partial charge in [-0.15, -0.1) is 11.3 Å². The zero-order valence-corrected chi connectivity index (χ0v) is 12.7. The van der Waals surface area contributed by atoms with Gasteiger partial charge in [0.05, 0.1) is 11.7 Å². The van der Waals surface area contributed by atoms with Gasteiger partial charge in [-0.2, -0.15) is 0 Å². The SMILES string of the molecule is COC1CCN(C(=O)c2csc3ccccc23)CC1C. The number of fused-ring (bicyclic) bond motifs is 1. The number of nitrogens with zero attached hydrogens (tertiary/aromatic N) is 1. The van der Waals surface area contributed by atoms with Gasteiger partial charge in [0.1, 0.15) is 0 Å². The van der Waals surface area contributed by atoms with E-state index in [4.69, 9.17) is 4.74 Å². The summed E-state index contributed by atoms with van der Waals surface area (Å²) >= 11 is 1.64. The molecule has 20 heavy (non-hydrogen) atoms. The number of piperidine rings is 1. The third-order valence-corrected chi connectivity index (χ3v) is 5.09. The van der Waals surface area contributed by atoms with Crippen LogP contribution in [0.25, 0.3) is 10.1 Å². The van der Waals surface area contributed by atoms with E-state index in [0.717, 1.165) is 30.5 Å². The van der Waals surface area contributed by atoms with E-state index < -0.39 is 0 Å². The first kappa shape index (κ1) is 13.6. The molecule has 0 N–H and O–H groups in total. The molecule has 2 aromatic rings. The lowest BCUT2D eigenvalue weighted by Gasteiger charge is -2.36. The fourth-order valence-corrected chi connectivity index (χ4v) is 3.91. The van der Waals surface area contributed by atoms with Crippen molar-refractivity contribution in [2.45, 2.75) is 19.4 Å². The lowest BCUT2D eigenvalue weighted by atomic mass is 9.96.